The minimum Gasteiger partial charge on any atom is -0.356 e. The lowest BCUT2D eigenvalue weighted by atomic mass is 9.95. The second kappa shape index (κ2) is 6.39. The van der Waals surface area contributed by atoms with Gasteiger partial charge in [0, 0.05) is 16.3 Å². The first-order valence-electron chi connectivity index (χ1n) is 6.84. The predicted molar refractivity (Wildman–Crippen MR) is 83.0 cm³/mol. The molecule has 20 heavy (non-hydrogen) atoms. The van der Waals surface area contributed by atoms with Crippen molar-refractivity contribution in [3.05, 3.63) is 30.0 Å². The van der Waals surface area contributed by atoms with Gasteiger partial charge in [0.05, 0.1) is 6.42 Å². The molecule has 0 unspecified atom stereocenters. The van der Waals surface area contributed by atoms with Gasteiger partial charge in [-0.25, -0.2) is 0 Å². The summed E-state index contributed by atoms with van der Waals surface area (Å²) in [5.74, 6) is -0.0211. The molecule has 1 aromatic heterocycles. The number of nitrogens with zero attached hydrogens (tertiary/aromatic N) is 1. The number of halogens is 1. The van der Waals surface area contributed by atoms with Crippen LogP contribution in [0.15, 0.2) is 28.8 Å². The van der Waals surface area contributed by atoms with E-state index in [1.54, 1.807) is 0 Å². The third-order valence-electron chi connectivity index (χ3n) is 3.79. The Morgan fingerprint density at radius 3 is 2.70 bits per heavy atom. The number of alkyl halides is 1. The largest absolute Gasteiger partial charge is 0.356 e. The van der Waals surface area contributed by atoms with E-state index in [1.165, 1.54) is 0 Å². The zero-order chi connectivity index (χ0) is 14.6. The van der Waals surface area contributed by atoms with Gasteiger partial charge < -0.3 is 9.84 Å². The summed E-state index contributed by atoms with van der Waals surface area (Å²) < 4.78 is 5.22. The summed E-state index contributed by atoms with van der Waals surface area (Å²) in [5.41, 5.74) is 1.22. The number of aromatic nitrogens is 1. The predicted octanol–water partition coefficient (Wildman–Crippen LogP) is 3.44. The third-order valence-corrected chi connectivity index (χ3v) is 4.87. The number of para-hydroxylation sites is 1. The van der Waals surface area contributed by atoms with Crippen LogP contribution in [0.3, 0.4) is 0 Å². The fourth-order valence-electron chi connectivity index (χ4n) is 2.21. The Morgan fingerprint density at radius 2 is 2.05 bits per heavy atom. The van der Waals surface area contributed by atoms with Gasteiger partial charge in [-0.3, -0.25) is 4.79 Å². The summed E-state index contributed by atoms with van der Waals surface area (Å²) in [5, 5.41) is 8.76. The summed E-state index contributed by atoms with van der Waals surface area (Å²) in [6, 6.07) is 7.58. The fraction of sp³-hybridized carbons (Fsp3) is 0.467. The van der Waals surface area contributed by atoms with Gasteiger partial charge in [-0.15, -0.1) is 0 Å². The van der Waals surface area contributed by atoms with Crippen LogP contribution in [0.2, 0.25) is 0 Å². The number of nitrogens with one attached hydrogen (secondary N) is 1. The molecule has 0 spiro atoms. The molecule has 108 valence electrons. The molecule has 0 radical (unpaired) electrons. The van der Waals surface area contributed by atoms with Crippen molar-refractivity contribution in [1.29, 1.82) is 0 Å². The second-order valence-electron chi connectivity index (χ2n) is 4.97. The Hall–Kier alpha value is -1.36. The van der Waals surface area contributed by atoms with E-state index in [2.05, 4.69) is 40.3 Å². The van der Waals surface area contributed by atoms with Gasteiger partial charge in [0.1, 0.15) is 5.69 Å². The molecular formula is C15H19BrN2O2. The lowest BCUT2D eigenvalue weighted by Gasteiger charge is -2.30. The number of carbonyl (C=O) groups is 1. The Balaban J connectivity index is 2.12. The zero-order valence-corrected chi connectivity index (χ0v) is 13.4. The molecule has 0 bridgehead atoms. The quantitative estimate of drug-likeness (QED) is 0.821. The van der Waals surface area contributed by atoms with E-state index in [0.717, 1.165) is 23.6 Å². The molecule has 0 aliphatic carbocycles. The molecule has 5 heteroatoms. The fourth-order valence-corrected chi connectivity index (χ4v) is 3.14. The van der Waals surface area contributed by atoms with E-state index in [1.807, 2.05) is 24.3 Å². The molecule has 0 fully saturated rings. The highest BCUT2D eigenvalue weighted by molar-refractivity contribution is 9.09. The maximum atomic E-state index is 12.2. The van der Waals surface area contributed by atoms with Crippen molar-refractivity contribution in [1.82, 2.24) is 10.5 Å². The van der Waals surface area contributed by atoms with Crippen molar-refractivity contribution in [2.75, 3.05) is 5.33 Å². The standard InChI is InChI=1S/C15H19BrN2O2/c1-3-15(4-2,10-16)17-14(19)9-12-11-7-5-6-8-13(11)20-18-12/h5-8H,3-4,9-10H2,1-2H3,(H,17,19). The number of hydrogen-bond donors (Lipinski definition) is 1. The van der Waals surface area contributed by atoms with E-state index in [-0.39, 0.29) is 17.9 Å². The smallest absolute Gasteiger partial charge is 0.226 e. The monoisotopic (exact) mass is 338 g/mol. The van der Waals surface area contributed by atoms with Crippen LogP contribution in [-0.4, -0.2) is 21.9 Å². The number of hydrogen-bond acceptors (Lipinski definition) is 3. The number of benzene rings is 1. The molecule has 2 aromatic rings. The molecule has 1 aromatic carbocycles. The Kier molecular flexibility index (Phi) is 4.81. The highest BCUT2D eigenvalue weighted by Gasteiger charge is 2.27. The highest BCUT2D eigenvalue weighted by Crippen LogP contribution is 2.20. The first kappa shape index (κ1) is 15.0. The number of amides is 1. The van der Waals surface area contributed by atoms with E-state index in [4.69, 9.17) is 4.52 Å². The van der Waals surface area contributed by atoms with Crippen molar-refractivity contribution in [2.24, 2.45) is 0 Å². The van der Waals surface area contributed by atoms with Gasteiger partial charge >= 0.3 is 0 Å². The summed E-state index contributed by atoms with van der Waals surface area (Å²) >= 11 is 3.49. The molecule has 4 nitrogen and oxygen atoms in total. The Labute approximate surface area is 127 Å². The Morgan fingerprint density at radius 1 is 1.35 bits per heavy atom. The van der Waals surface area contributed by atoms with Crippen molar-refractivity contribution in [3.63, 3.8) is 0 Å². The highest BCUT2D eigenvalue weighted by atomic mass is 79.9. The van der Waals surface area contributed by atoms with E-state index in [9.17, 15) is 4.79 Å². The van der Waals surface area contributed by atoms with Gasteiger partial charge in [-0.05, 0) is 25.0 Å². The summed E-state index contributed by atoms with van der Waals surface area (Å²) in [6.45, 7) is 4.16. The topological polar surface area (TPSA) is 55.1 Å². The minimum atomic E-state index is -0.184. The number of carbonyl (C=O) groups excluding carboxylic acids is 1. The normalized spacial score (nSPS) is 11.8. The van der Waals surface area contributed by atoms with Crippen LogP contribution in [-0.2, 0) is 11.2 Å². The maximum absolute atomic E-state index is 12.2. The molecular weight excluding hydrogens is 320 g/mol. The van der Waals surface area contributed by atoms with Crippen LogP contribution in [0.5, 0.6) is 0 Å². The minimum absolute atomic E-state index is 0.0211. The molecule has 0 atom stereocenters. The van der Waals surface area contributed by atoms with E-state index < -0.39 is 0 Å². The Bertz CT molecular complexity index is 582. The second-order valence-corrected chi connectivity index (χ2v) is 5.53. The lowest BCUT2D eigenvalue weighted by Crippen LogP contribution is -2.49. The average Bonchev–Trinajstić information content (AvgIpc) is 2.88. The van der Waals surface area contributed by atoms with Gasteiger partial charge in [0.15, 0.2) is 5.58 Å². The van der Waals surface area contributed by atoms with E-state index in [0.29, 0.717) is 11.3 Å². The van der Waals surface area contributed by atoms with Crippen LogP contribution in [0.1, 0.15) is 32.4 Å². The molecule has 0 aliphatic heterocycles. The zero-order valence-electron chi connectivity index (χ0n) is 11.8. The lowest BCUT2D eigenvalue weighted by molar-refractivity contribution is -0.122. The third kappa shape index (κ3) is 3.03. The van der Waals surface area contributed by atoms with Crippen molar-refractivity contribution in [2.45, 2.75) is 38.6 Å². The number of rotatable bonds is 6. The summed E-state index contributed by atoms with van der Waals surface area (Å²) in [4.78, 5) is 12.2. The first-order valence-corrected chi connectivity index (χ1v) is 7.96. The molecule has 0 saturated heterocycles. The average molecular weight is 339 g/mol. The van der Waals surface area contributed by atoms with Crippen molar-refractivity contribution < 1.29 is 9.32 Å². The molecule has 0 saturated carbocycles. The van der Waals surface area contributed by atoms with Gasteiger partial charge in [0.25, 0.3) is 0 Å². The SMILES string of the molecule is CCC(CC)(CBr)NC(=O)Cc1noc2ccccc12. The summed E-state index contributed by atoms with van der Waals surface area (Å²) in [6.07, 6.45) is 2.02. The first-order chi connectivity index (χ1) is 9.64. The van der Waals surface area contributed by atoms with Gasteiger partial charge in [0.2, 0.25) is 5.91 Å². The number of fused-ring (bicyclic) bond motifs is 1. The molecule has 0 aliphatic rings. The van der Waals surface area contributed by atoms with Crippen LogP contribution in [0.25, 0.3) is 11.0 Å². The van der Waals surface area contributed by atoms with E-state index >= 15 is 0 Å². The molecule has 1 amide bonds. The van der Waals surface area contributed by atoms with Crippen LogP contribution in [0, 0.1) is 0 Å². The van der Waals surface area contributed by atoms with Crippen LogP contribution in [0.4, 0.5) is 0 Å². The van der Waals surface area contributed by atoms with Gasteiger partial charge in [-0.1, -0.05) is 47.1 Å². The van der Waals surface area contributed by atoms with Crippen LogP contribution >= 0.6 is 15.9 Å². The maximum Gasteiger partial charge on any atom is 0.226 e. The van der Waals surface area contributed by atoms with Crippen molar-refractivity contribution in [3.8, 4) is 0 Å². The van der Waals surface area contributed by atoms with Crippen molar-refractivity contribution >= 4 is 32.8 Å². The molecule has 2 rings (SSSR count). The van der Waals surface area contributed by atoms with Crippen LogP contribution < -0.4 is 5.32 Å². The molecule has 1 heterocycles. The van der Waals surface area contributed by atoms with Gasteiger partial charge in [-0.2, -0.15) is 0 Å². The molecule has 1 N–H and O–H groups in total. The summed E-state index contributed by atoms with van der Waals surface area (Å²) in [7, 11) is 0.